The fourth-order valence-corrected chi connectivity index (χ4v) is 3.40. The van der Waals surface area contributed by atoms with Crippen LogP contribution in [-0.4, -0.2) is 27.4 Å². The summed E-state index contributed by atoms with van der Waals surface area (Å²) in [5.74, 6) is 3.37. The number of methoxy groups -OCH3 is 2. The molecule has 0 saturated heterocycles. The molecule has 2 aliphatic rings. The van der Waals surface area contributed by atoms with Crippen molar-refractivity contribution < 1.29 is 18.9 Å². The molecule has 1 spiro atoms. The van der Waals surface area contributed by atoms with Crippen molar-refractivity contribution in [2.45, 2.75) is 5.41 Å². The minimum atomic E-state index is -0.357. The first kappa shape index (κ1) is 12.4. The Balaban J connectivity index is 2.00. The maximum Gasteiger partial charge on any atom is 0.127 e. The van der Waals surface area contributed by atoms with Gasteiger partial charge >= 0.3 is 0 Å². The van der Waals surface area contributed by atoms with E-state index < -0.39 is 0 Å². The van der Waals surface area contributed by atoms with Crippen LogP contribution in [-0.2, 0) is 5.41 Å². The highest BCUT2D eigenvalue weighted by Gasteiger charge is 2.52. The highest BCUT2D eigenvalue weighted by molar-refractivity contribution is 5.65. The Kier molecular flexibility index (Phi) is 2.55. The van der Waals surface area contributed by atoms with Crippen molar-refractivity contribution in [2.75, 3.05) is 27.4 Å². The van der Waals surface area contributed by atoms with Crippen molar-refractivity contribution in [1.82, 2.24) is 0 Å². The highest BCUT2D eigenvalue weighted by atomic mass is 16.5. The lowest BCUT2D eigenvalue weighted by Crippen LogP contribution is -2.32. The molecule has 4 nitrogen and oxygen atoms in total. The van der Waals surface area contributed by atoms with E-state index in [-0.39, 0.29) is 5.41 Å². The Morgan fingerprint density at radius 3 is 1.71 bits per heavy atom. The molecule has 2 aromatic carbocycles. The van der Waals surface area contributed by atoms with E-state index in [0.29, 0.717) is 13.2 Å². The second kappa shape index (κ2) is 4.32. The zero-order chi connectivity index (χ0) is 14.4. The van der Waals surface area contributed by atoms with Crippen LogP contribution in [0.4, 0.5) is 0 Å². The van der Waals surface area contributed by atoms with Gasteiger partial charge in [-0.3, -0.25) is 0 Å². The van der Waals surface area contributed by atoms with E-state index in [0.717, 1.165) is 34.1 Å². The van der Waals surface area contributed by atoms with Crippen LogP contribution in [0.2, 0.25) is 0 Å². The molecule has 0 atom stereocenters. The predicted octanol–water partition coefficient (Wildman–Crippen LogP) is 2.77. The van der Waals surface area contributed by atoms with Crippen molar-refractivity contribution in [2.24, 2.45) is 0 Å². The molecule has 2 aromatic rings. The van der Waals surface area contributed by atoms with E-state index in [2.05, 4.69) is 0 Å². The maximum atomic E-state index is 5.92. The summed E-state index contributed by atoms with van der Waals surface area (Å²) in [6.45, 7) is 1.08. The van der Waals surface area contributed by atoms with E-state index in [1.54, 1.807) is 14.2 Å². The normalized spacial score (nSPS) is 16.9. The van der Waals surface area contributed by atoms with Crippen molar-refractivity contribution >= 4 is 0 Å². The summed E-state index contributed by atoms with van der Waals surface area (Å²) >= 11 is 0. The van der Waals surface area contributed by atoms with Gasteiger partial charge in [-0.05, 0) is 24.3 Å². The van der Waals surface area contributed by atoms with Gasteiger partial charge in [0.1, 0.15) is 41.6 Å². The summed E-state index contributed by atoms with van der Waals surface area (Å²) in [6, 6.07) is 11.7. The third-order valence-corrected chi connectivity index (χ3v) is 4.32. The Morgan fingerprint density at radius 2 is 1.29 bits per heavy atom. The number of hydrogen-bond acceptors (Lipinski definition) is 4. The molecular formula is C17H16O4. The summed E-state index contributed by atoms with van der Waals surface area (Å²) in [6.07, 6.45) is 0. The van der Waals surface area contributed by atoms with Crippen molar-refractivity contribution in [3.63, 3.8) is 0 Å². The standard InChI is InChI=1S/C17H16O4/c1-18-11-5-3-7-13-15(11)17(9-20-13)10-21-14-8-4-6-12(19-2)16(14)17/h3-8H,9-10H2,1-2H3. The van der Waals surface area contributed by atoms with Crippen LogP contribution >= 0.6 is 0 Å². The quantitative estimate of drug-likeness (QED) is 0.849. The average Bonchev–Trinajstić information content (AvgIpc) is 3.10. The largest absolute Gasteiger partial charge is 0.496 e. The van der Waals surface area contributed by atoms with Crippen molar-refractivity contribution in [3.05, 3.63) is 47.5 Å². The molecule has 2 heterocycles. The van der Waals surface area contributed by atoms with Gasteiger partial charge in [0.25, 0.3) is 0 Å². The van der Waals surface area contributed by atoms with E-state index in [4.69, 9.17) is 18.9 Å². The third kappa shape index (κ3) is 1.50. The molecule has 0 aliphatic carbocycles. The van der Waals surface area contributed by atoms with Crippen LogP contribution in [0.3, 0.4) is 0 Å². The Bertz CT molecular complexity index is 646. The van der Waals surface area contributed by atoms with Gasteiger partial charge in [-0.15, -0.1) is 0 Å². The molecule has 4 rings (SSSR count). The number of benzene rings is 2. The fraction of sp³-hybridized carbons (Fsp3) is 0.294. The summed E-state index contributed by atoms with van der Waals surface area (Å²) in [5, 5.41) is 0. The average molecular weight is 284 g/mol. The van der Waals surface area contributed by atoms with Gasteiger partial charge < -0.3 is 18.9 Å². The molecular weight excluding hydrogens is 268 g/mol. The molecule has 0 aromatic heterocycles. The molecule has 0 fully saturated rings. The van der Waals surface area contributed by atoms with Gasteiger partial charge in [0.05, 0.1) is 25.3 Å². The molecule has 0 unspecified atom stereocenters. The topological polar surface area (TPSA) is 36.9 Å². The maximum absolute atomic E-state index is 5.92. The van der Waals surface area contributed by atoms with Crippen LogP contribution in [0.15, 0.2) is 36.4 Å². The van der Waals surface area contributed by atoms with Crippen LogP contribution in [0.1, 0.15) is 11.1 Å². The first-order chi connectivity index (χ1) is 10.3. The Labute approximate surface area is 123 Å². The van der Waals surface area contributed by atoms with Gasteiger partial charge in [0, 0.05) is 0 Å². The van der Waals surface area contributed by atoms with Gasteiger partial charge in [0.2, 0.25) is 0 Å². The summed E-state index contributed by atoms with van der Waals surface area (Å²) in [7, 11) is 3.36. The number of hydrogen-bond donors (Lipinski definition) is 0. The monoisotopic (exact) mass is 284 g/mol. The zero-order valence-electron chi connectivity index (χ0n) is 12.0. The minimum Gasteiger partial charge on any atom is -0.496 e. The highest BCUT2D eigenvalue weighted by Crippen LogP contribution is 2.55. The van der Waals surface area contributed by atoms with Gasteiger partial charge in [-0.25, -0.2) is 0 Å². The predicted molar refractivity (Wildman–Crippen MR) is 77.8 cm³/mol. The van der Waals surface area contributed by atoms with Crippen LogP contribution < -0.4 is 18.9 Å². The number of ether oxygens (including phenoxy) is 4. The zero-order valence-corrected chi connectivity index (χ0v) is 12.0. The van der Waals surface area contributed by atoms with E-state index in [1.165, 1.54) is 0 Å². The Morgan fingerprint density at radius 1 is 0.810 bits per heavy atom. The van der Waals surface area contributed by atoms with E-state index in [1.807, 2.05) is 36.4 Å². The van der Waals surface area contributed by atoms with Gasteiger partial charge in [0.15, 0.2) is 0 Å². The third-order valence-electron chi connectivity index (χ3n) is 4.32. The number of fused-ring (bicyclic) bond motifs is 4. The molecule has 0 amide bonds. The smallest absolute Gasteiger partial charge is 0.127 e. The molecule has 0 N–H and O–H groups in total. The molecule has 4 heteroatoms. The van der Waals surface area contributed by atoms with Crippen molar-refractivity contribution in [3.8, 4) is 23.0 Å². The van der Waals surface area contributed by atoms with E-state index >= 15 is 0 Å². The molecule has 0 bridgehead atoms. The minimum absolute atomic E-state index is 0.357. The molecule has 0 saturated carbocycles. The molecule has 108 valence electrons. The molecule has 21 heavy (non-hydrogen) atoms. The number of rotatable bonds is 2. The lowest BCUT2D eigenvalue weighted by molar-refractivity contribution is 0.234. The van der Waals surface area contributed by atoms with E-state index in [9.17, 15) is 0 Å². The van der Waals surface area contributed by atoms with Crippen LogP contribution in [0.25, 0.3) is 0 Å². The first-order valence-corrected chi connectivity index (χ1v) is 6.91. The molecule has 0 radical (unpaired) electrons. The summed E-state index contributed by atoms with van der Waals surface area (Å²) in [5.41, 5.74) is 1.75. The fourth-order valence-electron chi connectivity index (χ4n) is 3.40. The molecule has 2 aliphatic heterocycles. The Hall–Kier alpha value is -2.36. The first-order valence-electron chi connectivity index (χ1n) is 6.91. The second-order valence-corrected chi connectivity index (χ2v) is 5.33. The summed E-state index contributed by atoms with van der Waals surface area (Å²) in [4.78, 5) is 0. The van der Waals surface area contributed by atoms with Gasteiger partial charge in [-0.2, -0.15) is 0 Å². The van der Waals surface area contributed by atoms with Gasteiger partial charge in [-0.1, -0.05) is 12.1 Å². The lowest BCUT2D eigenvalue weighted by atomic mass is 9.77. The summed E-state index contributed by atoms with van der Waals surface area (Å²) < 4.78 is 23.0. The second-order valence-electron chi connectivity index (χ2n) is 5.33. The lowest BCUT2D eigenvalue weighted by Gasteiger charge is -2.23. The van der Waals surface area contributed by atoms with Crippen molar-refractivity contribution in [1.29, 1.82) is 0 Å². The SMILES string of the molecule is COc1cccc2c1C1(CO2)COc2cccc(OC)c21. The van der Waals surface area contributed by atoms with Crippen LogP contribution in [0, 0.1) is 0 Å². The van der Waals surface area contributed by atoms with Crippen LogP contribution in [0.5, 0.6) is 23.0 Å².